The lowest BCUT2D eigenvalue weighted by molar-refractivity contribution is -0.116. The zero-order valence-electron chi connectivity index (χ0n) is 11.4. The van der Waals surface area contributed by atoms with Gasteiger partial charge in [-0.15, -0.1) is 0 Å². The number of nitrogens with two attached hydrogens (primary N) is 1. The fourth-order valence-electron chi connectivity index (χ4n) is 2.31. The van der Waals surface area contributed by atoms with Gasteiger partial charge in [0.2, 0.25) is 5.91 Å². The largest absolute Gasteiger partial charge is 0.489 e. The van der Waals surface area contributed by atoms with E-state index in [0.29, 0.717) is 29.8 Å². The quantitative estimate of drug-likeness (QED) is 0.853. The minimum atomic E-state index is -0.337. The van der Waals surface area contributed by atoms with Gasteiger partial charge in [-0.3, -0.25) is 4.79 Å². The third-order valence-electron chi connectivity index (χ3n) is 3.47. The molecule has 0 aliphatic carbocycles. The lowest BCUT2D eigenvalue weighted by Gasteiger charge is -2.18. The summed E-state index contributed by atoms with van der Waals surface area (Å²) in [5.41, 5.74) is 8.76. The predicted molar refractivity (Wildman–Crippen MR) is 78.5 cm³/mol. The van der Waals surface area contributed by atoms with Gasteiger partial charge < -0.3 is 15.8 Å². The number of hydrogen-bond donors (Lipinski definition) is 2. The molecule has 21 heavy (non-hydrogen) atoms. The molecule has 0 unspecified atom stereocenters. The number of carbonyl (C=O) groups is 1. The van der Waals surface area contributed by atoms with Crippen LogP contribution in [0.2, 0.25) is 0 Å². The van der Waals surface area contributed by atoms with Gasteiger partial charge in [0.05, 0.1) is 0 Å². The van der Waals surface area contributed by atoms with Gasteiger partial charge in [-0.1, -0.05) is 0 Å². The molecule has 5 heteroatoms. The van der Waals surface area contributed by atoms with Crippen LogP contribution in [0.25, 0.3) is 0 Å². The van der Waals surface area contributed by atoms with E-state index in [9.17, 15) is 9.18 Å². The zero-order chi connectivity index (χ0) is 14.8. The molecule has 4 nitrogen and oxygen atoms in total. The van der Waals surface area contributed by atoms with Gasteiger partial charge in [0.15, 0.2) is 0 Å². The molecule has 0 radical (unpaired) electrons. The minimum absolute atomic E-state index is 0.0312. The van der Waals surface area contributed by atoms with Crippen LogP contribution in [0.3, 0.4) is 0 Å². The van der Waals surface area contributed by atoms with Crippen molar-refractivity contribution >= 4 is 17.3 Å². The topological polar surface area (TPSA) is 64.3 Å². The maximum atomic E-state index is 13.2. The molecule has 0 aromatic heterocycles. The van der Waals surface area contributed by atoms with E-state index >= 15 is 0 Å². The van der Waals surface area contributed by atoms with Gasteiger partial charge in [-0.05, 0) is 48.4 Å². The Morgan fingerprint density at radius 2 is 2.05 bits per heavy atom. The summed E-state index contributed by atoms with van der Waals surface area (Å²) in [5.74, 6) is 0.369. The molecule has 0 fully saturated rings. The van der Waals surface area contributed by atoms with Gasteiger partial charge in [-0.25, -0.2) is 4.39 Å². The Labute approximate surface area is 121 Å². The van der Waals surface area contributed by atoms with Gasteiger partial charge >= 0.3 is 0 Å². The van der Waals surface area contributed by atoms with Crippen LogP contribution in [0.4, 0.5) is 15.8 Å². The molecule has 0 saturated heterocycles. The van der Waals surface area contributed by atoms with Crippen LogP contribution >= 0.6 is 0 Å². The first-order valence-corrected chi connectivity index (χ1v) is 6.71. The van der Waals surface area contributed by atoms with E-state index in [2.05, 4.69) is 5.32 Å². The van der Waals surface area contributed by atoms with E-state index in [1.807, 2.05) is 12.1 Å². The Hall–Kier alpha value is -2.56. The van der Waals surface area contributed by atoms with Gasteiger partial charge in [0.1, 0.15) is 18.2 Å². The number of carbonyl (C=O) groups excluding carboxylic acids is 1. The maximum Gasteiger partial charge on any atom is 0.224 e. The summed E-state index contributed by atoms with van der Waals surface area (Å²) in [7, 11) is 0. The number of hydrogen-bond acceptors (Lipinski definition) is 3. The van der Waals surface area contributed by atoms with Crippen LogP contribution in [0.1, 0.15) is 17.5 Å². The normalized spacial score (nSPS) is 13.5. The molecule has 3 rings (SSSR count). The molecule has 0 saturated carbocycles. The average Bonchev–Trinajstić information content (AvgIpc) is 2.48. The molecule has 3 N–H and O–H groups in total. The summed E-state index contributed by atoms with van der Waals surface area (Å²) in [6, 6.07) is 9.70. The van der Waals surface area contributed by atoms with E-state index in [1.165, 1.54) is 18.2 Å². The van der Waals surface area contributed by atoms with Gasteiger partial charge in [0.25, 0.3) is 0 Å². The average molecular weight is 286 g/mol. The highest BCUT2D eigenvalue weighted by Crippen LogP contribution is 2.27. The zero-order valence-corrected chi connectivity index (χ0v) is 11.4. The molecule has 108 valence electrons. The van der Waals surface area contributed by atoms with E-state index in [0.717, 1.165) is 11.3 Å². The number of anilines is 2. The lowest BCUT2D eigenvalue weighted by atomic mass is 10.0. The third-order valence-corrected chi connectivity index (χ3v) is 3.47. The number of ether oxygens (including phenoxy) is 1. The van der Waals surface area contributed by atoms with E-state index in [4.69, 9.17) is 10.5 Å². The number of nitrogens with one attached hydrogen (secondary N) is 1. The van der Waals surface area contributed by atoms with Crippen LogP contribution in [0, 0.1) is 5.82 Å². The molecule has 1 aliphatic rings. The van der Waals surface area contributed by atoms with Crippen molar-refractivity contribution in [2.45, 2.75) is 19.4 Å². The van der Waals surface area contributed by atoms with E-state index in [-0.39, 0.29) is 18.3 Å². The lowest BCUT2D eigenvalue weighted by Crippen LogP contribution is -2.18. The maximum absolute atomic E-state index is 13.2. The van der Waals surface area contributed by atoms with Crippen molar-refractivity contribution in [3.63, 3.8) is 0 Å². The summed E-state index contributed by atoms with van der Waals surface area (Å²) < 4.78 is 18.8. The molecular formula is C16H15FN2O2. The Morgan fingerprint density at radius 1 is 1.19 bits per heavy atom. The number of nitrogen functional groups attached to an aromatic ring is 1. The first-order chi connectivity index (χ1) is 10.1. The van der Waals surface area contributed by atoms with Crippen LogP contribution in [0.15, 0.2) is 36.4 Å². The van der Waals surface area contributed by atoms with E-state index < -0.39 is 0 Å². The van der Waals surface area contributed by atoms with Crippen molar-refractivity contribution < 1.29 is 13.9 Å². The SMILES string of the molecule is Nc1ccc(F)cc1COc1ccc2c(c1)CCC(=O)N2. The minimum Gasteiger partial charge on any atom is -0.489 e. The summed E-state index contributed by atoms with van der Waals surface area (Å²) in [4.78, 5) is 11.3. The molecule has 0 atom stereocenters. The predicted octanol–water partition coefficient (Wildman–Crippen LogP) is 2.87. The second kappa shape index (κ2) is 5.44. The van der Waals surface area contributed by atoms with Crippen LogP contribution < -0.4 is 15.8 Å². The highest BCUT2D eigenvalue weighted by molar-refractivity contribution is 5.93. The van der Waals surface area contributed by atoms with Crippen molar-refractivity contribution in [2.75, 3.05) is 11.1 Å². The Balaban J connectivity index is 1.74. The molecule has 1 heterocycles. The fraction of sp³-hybridized carbons (Fsp3) is 0.188. The summed E-state index contributed by atoms with van der Waals surface area (Å²) in [6.45, 7) is 0.203. The highest BCUT2D eigenvalue weighted by Gasteiger charge is 2.15. The van der Waals surface area contributed by atoms with Crippen molar-refractivity contribution in [3.05, 3.63) is 53.3 Å². The van der Waals surface area contributed by atoms with Crippen molar-refractivity contribution in [1.82, 2.24) is 0 Å². The highest BCUT2D eigenvalue weighted by atomic mass is 19.1. The molecule has 1 aliphatic heterocycles. The number of fused-ring (bicyclic) bond motifs is 1. The summed E-state index contributed by atoms with van der Waals surface area (Å²) in [6.07, 6.45) is 1.17. The van der Waals surface area contributed by atoms with Crippen molar-refractivity contribution in [3.8, 4) is 5.75 Å². The standard InChI is InChI=1S/C16H15FN2O2/c17-12-2-4-14(18)11(7-12)9-21-13-3-5-15-10(8-13)1-6-16(20)19-15/h2-5,7-8H,1,6,9,18H2,(H,19,20). The van der Waals surface area contributed by atoms with E-state index in [1.54, 1.807) is 6.07 Å². The fourth-order valence-corrected chi connectivity index (χ4v) is 2.31. The van der Waals surface area contributed by atoms with Crippen molar-refractivity contribution in [2.24, 2.45) is 0 Å². The first-order valence-electron chi connectivity index (χ1n) is 6.71. The monoisotopic (exact) mass is 286 g/mol. The number of amides is 1. The van der Waals surface area contributed by atoms with Crippen LogP contribution in [-0.2, 0) is 17.8 Å². The third kappa shape index (κ3) is 2.97. The Morgan fingerprint density at radius 3 is 2.90 bits per heavy atom. The van der Waals surface area contributed by atoms with Crippen LogP contribution in [0.5, 0.6) is 5.75 Å². The second-order valence-electron chi connectivity index (χ2n) is 5.00. The smallest absolute Gasteiger partial charge is 0.224 e. The summed E-state index contributed by atoms with van der Waals surface area (Å²) in [5, 5.41) is 2.81. The molecule has 0 bridgehead atoms. The number of benzene rings is 2. The number of aryl methyl sites for hydroxylation is 1. The number of rotatable bonds is 3. The van der Waals surface area contributed by atoms with Crippen LogP contribution in [-0.4, -0.2) is 5.91 Å². The first kappa shape index (κ1) is 13.4. The molecule has 0 spiro atoms. The Kier molecular flexibility index (Phi) is 3.48. The Bertz CT molecular complexity index is 701. The molecule has 2 aromatic carbocycles. The van der Waals surface area contributed by atoms with Gasteiger partial charge in [-0.2, -0.15) is 0 Å². The second-order valence-corrected chi connectivity index (χ2v) is 5.00. The molecular weight excluding hydrogens is 271 g/mol. The van der Waals surface area contributed by atoms with Gasteiger partial charge in [0, 0.05) is 23.4 Å². The molecule has 1 amide bonds. The van der Waals surface area contributed by atoms with Crippen molar-refractivity contribution in [1.29, 1.82) is 0 Å². The molecule has 2 aromatic rings. The number of halogens is 1. The summed E-state index contributed by atoms with van der Waals surface area (Å²) >= 11 is 0.